The third-order valence-electron chi connectivity index (χ3n) is 8.61. The van der Waals surface area contributed by atoms with Crippen LogP contribution in [0.25, 0.3) is 10.9 Å². The van der Waals surface area contributed by atoms with Crippen LogP contribution in [0.5, 0.6) is 0 Å². The van der Waals surface area contributed by atoms with E-state index in [2.05, 4.69) is 21.9 Å². The molecule has 3 heterocycles. The second-order valence-electron chi connectivity index (χ2n) is 11.9. The van der Waals surface area contributed by atoms with Crippen molar-refractivity contribution in [1.82, 2.24) is 19.2 Å². The van der Waals surface area contributed by atoms with Gasteiger partial charge in [-0.3, -0.25) is 14.3 Å². The molecule has 1 saturated heterocycles. The van der Waals surface area contributed by atoms with Gasteiger partial charge in [-0.15, -0.1) is 0 Å². The minimum absolute atomic E-state index is 0.0448. The number of anilines is 1. The molecule has 2 aromatic heterocycles. The quantitative estimate of drug-likeness (QED) is 0.233. The highest BCUT2D eigenvalue weighted by atomic mass is 19.1. The number of hydrogen-bond donors (Lipinski definition) is 2. The molecule has 1 unspecified atom stereocenters. The Labute approximate surface area is 258 Å². The molecule has 0 spiro atoms. The zero-order chi connectivity index (χ0) is 31.4. The predicted molar refractivity (Wildman–Crippen MR) is 170 cm³/mol. The largest absolute Gasteiger partial charge is 0.385 e. The zero-order valence-electron chi connectivity index (χ0n) is 26.1. The van der Waals surface area contributed by atoms with Gasteiger partial charge in [-0.1, -0.05) is 24.3 Å². The molecule has 1 aliphatic heterocycles. The van der Waals surface area contributed by atoms with Crippen LogP contribution in [-0.2, 0) is 29.5 Å². The molecule has 9 nitrogen and oxygen atoms in total. The summed E-state index contributed by atoms with van der Waals surface area (Å²) in [5.41, 5.74) is 12.3. The molecule has 0 aliphatic carbocycles. The number of ether oxygens (including phenoxy) is 1. The summed E-state index contributed by atoms with van der Waals surface area (Å²) in [6, 6.07) is 14.2. The number of aromatic nitrogens is 3. The van der Waals surface area contributed by atoms with Crippen molar-refractivity contribution < 1.29 is 18.7 Å². The van der Waals surface area contributed by atoms with E-state index in [0.29, 0.717) is 49.6 Å². The molecule has 0 bridgehead atoms. The van der Waals surface area contributed by atoms with E-state index in [4.69, 9.17) is 10.5 Å². The third-order valence-corrected chi connectivity index (χ3v) is 8.61. The van der Waals surface area contributed by atoms with E-state index in [1.807, 2.05) is 42.2 Å². The van der Waals surface area contributed by atoms with E-state index < -0.39 is 0 Å². The van der Waals surface area contributed by atoms with Gasteiger partial charge < -0.3 is 25.3 Å². The van der Waals surface area contributed by atoms with Crippen molar-refractivity contribution in [3.8, 4) is 0 Å². The zero-order valence-corrected chi connectivity index (χ0v) is 26.1. The van der Waals surface area contributed by atoms with Crippen LogP contribution in [-0.4, -0.2) is 63.9 Å². The van der Waals surface area contributed by atoms with Gasteiger partial charge in [0.15, 0.2) is 0 Å². The molecule has 4 aromatic rings. The van der Waals surface area contributed by atoms with Crippen molar-refractivity contribution in [2.45, 2.75) is 64.5 Å². The Bertz CT molecular complexity index is 1630. The van der Waals surface area contributed by atoms with Crippen LogP contribution >= 0.6 is 0 Å². The number of amides is 2. The number of likely N-dealkylation sites (tertiary alicyclic amines) is 1. The first-order valence-electron chi connectivity index (χ1n) is 15.4. The first-order chi connectivity index (χ1) is 21.2. The van der Waals surface area contributed by atoms with E-state index in [1.165, 1.54) is 6.07 Å². The lowest BCUT2D eigenvalue weighted by Crippen LogP contribution is -2.42. The summed E-state index contributed by atoms with van der Waals surface area (Å²) in [5.74, 6) is -0.277. The lowest BCUT2D eigenvalue weighted by atomic mass is 9.91. The number of fused-ring (bicyclic) bond motifs is 1. The number of halogens is 1. The summed E-state index contributed by atoms with van der Waals surface area (Å²) in [6.07, 6.45) is 3.41. The molecular weight excluding hydrogens is 559 g/mol. The second-order valence-corrected chi connectivity index (χ2v) is 11.9. The van der Waals surface area contributed by atoms with Gasteiger partial charge in [0, 0.05) is 75.5 Å². The molecule has 44 heavy (non-hydrogen) atoms. The number of piperidine rings is 1. The molecule has 0 saturated carbocycles. The Morgan fingerprint density at radius 1 is 1.18 bits per heavy atom. The predicted octanol–water partition coefficient (Wildman–Crippen LogP) is 5.09. The highest BCUT2D eigenvalue weighted by Crippen LogP contribution is 2.37. The van der Waals surface area contributed by atoms with Gasteiger partial charge in [0.2, 0.25) is 5.91 Å². The first kappa shape index (κ1) is 31.4. The molecule has 234 valence electrons. The van der Waals surface area contributed by atoms with Crippen molar-refractivity contribution in [1.29, 1.82) is 0 Å². The Morgan fingerprint density at radius 2 is 1.95 bits per heavy atom. The Balaban J connectivity index is 1.21. The summed E-state index contributed by atoms with van der Waals surface area (Å²) >= 11 is 0. The second kappa shape index (κ2) is 13.7. The van der Waals surface area contributed by atoms with Gasteiger partial charge >= 0.3 is 0 Å². The fourth-order valence-electron chi connectivity index (χ4n) is 6.58. The van der Waals surface area contributed by atoms with Gasteiger partial charge in [0.1, 0.15) is 11.5 Å². The van der Waals surface area contributed by atoms with Gasteiger partial charge in [-0.25, -0.2) is 4.39 Å². The van der Waals surface area contributed by atoms with Crippen molar-refractivity contribution >= 4 is 28.4 Å². The highest BCUT2D eigenvalue weighted by molar-refractivity contribution is 6.03. The fourth-order valence-corrected chi connectivity index (χ4v) is 6.58. The Hall–Kier alpha value is -4.02. The highest BCUT2D eigenvalue weighted by Gasteiger charge is 2.30. The maximum absolute atomic E-state index is 15.1. The number of carbonyl (C=O) groups excluding carboxylic acids is 2. The number of benzene rings is 2. The van der Waals surface area contributed by atoms with Crippen molar-refractivity contribution in [2.75, 3.05) is 32.1 Å². The lowest BCUT2D eigenvalue weighted by Gasteiger charge is -2.34. The van der Waals surface area contributed by atoms with Crippen molar-refractivity contribution in [3.05, 3.63) is 82.6 Å². The molecule has 2 atom stereocenters. The minimum Gasteiger partial charge on any atom is -0.385 e. The number of nitrogens with one attached hydrogen (secondary N) is 1. The van der Waals surface area contributed by atoms with Crippen LogP contribution < -0.4 is 11.1 Å². The van der Waals surface area contributed by atoms with Crippen LogP contribution in [0.3, 0.4) is 0 Å². The van der Waals surface area contributed by atoms with Crippen LogP contribution in [0.4, 0.5) is 10.1 Å². The van der Waals surface area contributed by atoms with Crippen LogP contribution in [0.2, 0.25) is 0 Å². The Kier molecular flexibility index (Phi) is 9.80. The van der Waals surface area contributed by atoms with E-state index in [0.717, 1.165) is 47.2 Å². The van der Waals surface area contributed by atoms with Crippen LogP contribution in [0, 0.1) is 19.7 Å². The molecule has 1 fully saturated rings. The normalized spacial score (nSPS) is 16.0. The van der Waals surface area contributed by atoms with Crippen molar-refractivity contribution in [3.63, 3.8) is 0 Å². The average Bonchev–Trinajstić information content (AvgIpc) is 3.49. The van der Waals surface area contributed by atoms with Gasteiger partial charge in [-0.05, 0) is 74.9 Å². The number of para-hydroxylation sites is 1. The van der Waals surface area contributed by atoms with Gasteiger partial charge in [0.05, 0.1) is 11.2 Å². The van der Waals surface area contributed by atoms with E-state index in [9.17, 15) is 9.59 Å². The SMILES string of the molecule is COCCCn1c(C2CCCN(C(=O)C[C@H](N)Cc3ccc(NC(=O)c4cc(C)nn4C)cc3)C2)c(C)c2cccc(F)c21. The smallest absolute Gasteiger partial charge is 0.273 e. The molecule has 10 heteroatoms. The maximum Gasteiger partial charge on any atom is 0.273 e. The van der Waals surface area contributed by atoms with Gasteiger partial charge in [0.25, 0.3) is 5.91 Å². The lowest BCUT2D eigenvalue weighted by molar-refractivity contribution is -0.132. The fraction of sp³-hybridized carbons (Fsp3) is 0.441. The molecule has 0 radical (unpaired) electrons. The molecule has 5 rings (SSSR count). The number of hydrogen-bond acceptors (Lipinski definition) is 5. The van der Waals surface area contributed by atoms with Crippen molar-refractivity contribution in [2.24, 2.45) is 12.8 Å². The van der Waals surface area contributed by atoms with E-state index in [-0.39, 0.29) is 36.0 Å². The number of methoxy groups -OCH3 is 1. The Morgan fingerprint density at radius 3 is 2.66 bits per heavy atom. The topological polar surface area (TPSA) is 107 Å². The first-order valence-corrected chi connectivity index (χ1v) is 15.4. The number of rotatable bonds is 11. The number of nitrogens with zero attached hydrogens (tertiary/aromatic N) is 4. The third kappa shape index (κ3) is 6.87. The van der Waals surface area contributed by atoms with E-state index >= 15 is 4.39 Å². The standard InChI is InChI=1S/C34H43FN6O3/c1-22-18-30(39(3)38-22)34(43)37-27-13-11-24(12-14-27)19-26(36)20-31(42)40-15-6-8-25(21-40)32-23(2)28-9-5-10-29(35)33(28)41(32)16-7-17-44-4/h5,9-14,18,25-26H,6-8,15-17,19-21,36H2,1-4H3,(H,37,43)/t25?,26-/m1/s1. The maximum atomic E-state index is 15.1. The monoisotopic (exact) mass is 602 g/mol. The minimum atomic E-state index is -0.336. The number of carbonyl (C=O) groups is 2. The summed E-state index contributed by atoms with van der Waals surface area (Å²) < 4.78 is 24.0. The molecule has 1 aliphatic rings. The summed E-state index contributed by atoms with van der Waals surface area (Å²) in [5, 5.41) is 8.05. The van der Waals surface area contributed by atoms with Gasteiger partial charge in [-0.2, -0.15) is 5.10 Å². The summed E-state index contributed by atoms with van der Waals surface area (Å²) in [4.78, 5) is 28.0. The van der Waals surface area contributed by atoms with Crippen LogP contribution in [0.15, 0.2) is 48.5 Å². The molecule has 2 amide bonds. The number of aryl methyl sites for hydroxylation is 4. The van der Waals surface area contributed by atoms with Crippen LogP contribution in [0.1, 0.15) is 64.6 Å². The molecular formula is C34H43FN6O3. The average molecular weight is 603 g/mol. The molecule has 3 N–H and O–H groups in total. The summed E-state index contributed by atoms with van der Waals surface area (Å²) in [6.45, 7) is 6.47. The molecule has 2 aromatic carbocycles. The van der Waals surface area contributed by atoms with E-state index in [1.54, 1.807) is 31.0 Å². The summed E-state index contributed by atoms with van der Waals surface area (Å²) in [7, 11) is 3.42. The number of nitrogens with two attached hydrogens (primary N) is 1.